The van der Waals surface area contributed by atoms with Gasteiger partial charge in [-0.15, -0.1) is 0 Å². The number of pyridine rings is 1. The van der Waals surface area contributed by atoms with Gasteiger partial charge in [-0.1, -0.05) is 0 Å². The molecular formula is C11H16FN3. The van der Waals surface area contributed by atoms with Crippen molar-refractivity contribution in [3.05, 3.63) is 24.3 Å². The minimum atomic E-state index is -0.429. The predicted molar refractivity (Wildman–Crippen MR) is 58.3 cm³/mol. The molecule has 1 unspecified atom stereocenters. The Hall–Kier alpha value is -1.16. The van der Waals surface area contributed by atoms with E-state index in [-0.39, 0.29) is 0 Å². The first-order chi connectivity index (χ1) is 7.24. The fraction of sp³-hybridized carbons (Fsp3) is 0.545. The van der Waals surface area contributed by atoms with E-state index in [0.717, 1.165) is 12.2 Å². The van der Waals surface area contributed by atoms with Crippen LogP contribution < -0.4 is 5.32 Å². The molecule has 1 atom stereocenters. The van der Waals surface area contributed by atoms with E-state index >= 15 is 0 Å². The molecule has 3 nitrogen and oxygen atoms in total. The average Bonchev–Trinajstić information content (AvgIpc) is 2.22. The van der Waals surface area contributed by atoms with Gasteiger partial charge in [-0.3, -0.25) is 0 Å². The maximum absolute atomic E-state index is 12.6. The average molecular weight is 209 g/mol. The second kappa shape index (κ2) is 4.57. The molecular weight excluding hydrogens is 193 g/mol. The monoisotopic (exact) mass is 209 g/mol. The topological polar surface area (TPSA) is 28.2 Å². The highest BCUT2D eigenvalue weighted by atomic mass is 19.1. The summed E-state index contributed by atoms with van der Waals surface area (Å²) in [4.78, 5) is 5.92. The number of hydrogen-bond acceptors (Lipinski definition) is 3. The van der Waals surface area contributed by atoms with Crippen molar-refractivity contribution in [1.82, 2.24) is 9.88 Å². The molecule has 0 saturated carbocycles. The van der Waals surface area contributed by atoms with Crippen LogP contribution in [0.2, 0.25) is 0 Å². The molecule has 1 aromatic rings. The van der Waals surface area contributed by atoms with Crippen molar-refractivity contribution >= 4 is 5.69 Å². The molecule has 0 amide bonds. The van der Waals surface area contributed by atoms with Gasteiger partial charge >= 0.3 is 0 Å². The molecule has 0 aliphatic carbocycles. The van der Waals surface area contributed by atoms with Crippen LogP contribution in [0.15, 0.2) is 18.3 Å². The molecule has 15 heavy (non-hydrogen) atoms. The number of halogens is 1. The Kier molecular flexibility index (Phi) is 3.16. The standard InChI is InChI=1S/C11H16FN3/c1-15-6-2-3-10(8-15)14-9-4-5-11(12)13-7-9/h4-5,7,10,14H,2-3,6,8H2,1H3. The molecule has 0 radical (unpaired) electrons. The third-order valence-electron chi connectivity index (χ3n) is 2.72. The number of hydrogen-bond donors (Lipinski definition) is 1. The van der Waals surface area contributed by atoms with Crippen molar-refractivity contribution in [2.75, 3.05) is 25.5 Å². The third-order valence-corrected chi connectivity index (χ3v) is 2.72. The van der Waals surface area contributed by atoms with Crippen molar-refractivity contribution < 1.29 is 4.39 Å². The van der Waals surface area contributed by atoms with Crippen LogP contribution in [0.3, 0.4) is 0 Å². The Labute approximate surface area is 89.3 Å². The molecule has 2 heterocycles. The summed E-state index contributed by atoms with van der Waals surface area (Å²) < 4.78 is 12.6. The highest BCUT2D eigenvalue weighted by Gasteiger charge is 2.16. The molecule has 1 aliphatic heterocycles. The third kappa shape index (κ3) is 2.89. The molecule has 0 bridgehead atoms. The first kappa shape index (κ1) is 10.4. The van der Waals surface area contributed by atoms with Gasteiger partial charge in [0.05, 0.1) is 11.9 Å². The number of likely N-dealkylation sites (tertiary alicyclic amines) is 1. The molecule has 82 valence electrons. The normalized spacial score (nSPS) is 22.7. The highest BCUT2D eigenvalue weighted by Crippen LogP contribution is 2.14. The number of anilines is 1. The Balaban J connectivity index is 1.93. The minimum Gasteiger partial charge on any atom is -0.380 e. The van der Waals surface area contributed by atoms with Crippen molar-refractivity contribution in [3.63, 3.8) is 0 Å². The zero-order chi connectivity index (χ0) is 10.7. The van der Waals surface area contributed by atoms with Crippen molar-refractivity contribution in [3.8, 4) is 0 Å². The zero-order valence-corrected chi connectivity index (χ0v) is 8.91. The van der Waals surface area contributed by atoms with E-state index in [0.29, 0.717) is 6.04 Å². The van der Waals surface area contributed by atoms with Crippen LogP contribution in [0.5, 0.6) is 0 Å². The van der Waals surface area contributed by atoms with E-state index in [1.165, 1.54) is 25.5 Å². The molecule has 0 aromatic carbocycles. The van der Waals surface area contributed by atoms with Gasteiger partial charge in [-0.05, 0) is 38.6 Å². The molecule has 2 rings (SSSR count). The van der Waals surface area contributed by atoms with Gasteiger partial charge in [-0.2, -0.15) is 4.39 Å². The van der Waals surface area contributed by atoms with Gasteiger partial charge in [0.15, 0.2) is 0 Å². The summed E-state index contributed by atoms with van der Waals surface area (Å²) in [5.74, 6) is -0.429. The summed E-state index contributed by atoms with van der Waals surface area (Å²) in [5, 5.41) is 3.37. The molecule has 1 aromatic heterocycles. The minimum absolute atomic E-state index is 0.429. The Morgan fingerprint density at radius 2 is 2.40 bits per heavy atom. The van der Waals surface area contributed by atoms with E-state index in [2.05, 4.69) is 22.2 Å². The lowest BCUT2D eigenvalue weighted by molar-refractivity contribution is 0.261. The van der Waals surface area contributed by atoms with Crippen LogP contribution in [-0.2, 0) is 0 Å². The maximum Gasteiger partial charge on any atom is 0.212 e. The largest absolute Gasteiger partial charge is 0.380 e. The van der Waals surface area contributed by atoms with Crippen LogP contribution in [0.4, 0.5) is 10.1 Å². The van der Waals surface area contributed by atoms with Gasteiger partial charge in [0, 0.05) is 12.6 Å². The van der Waals surface area contributed by atoms with Crippen LogP contribution in [0.25, 0.3) is 0 Å². The summed E-state index contributed by atoms with van der Waals surface area (Å²) in [6.07, 6.45) is 3.93. The Morgan fingerprint density at radius 3 is 3.07 bits per heavy atom. The van der Waals surface area contributed by atoms with E-state index in [1.54, 1.807) is 12.3 Å². The van der Waals surface area contributed by atoms with E-state index in [9.17, 15) is 4.39 Å². The number of aromatic nitrogens is 1. The molecule has 1 N–H and O–H groups in total. The van der Waals surface area contributed by atoms with Gasteiger partial charge in [0.25, 0.3) is 0 Å². The van der Waals surface area contributed by atoms with Crippen LogP contribution in [-0.4, -0.2) is 36.1 Å². The predicted octanol–water partition coefficient (Wildman–Crippen LogP) is 1.73. The quantitative estimate of drug-likeness (QED) is 0.752. The molecule has 4 heteroatoms. The Morgan fingerprint density at radius 1 is 1.53 bits per heavy atom. The van der Waals surface area contributed by atoms with Crippen molar-refractivity contribution in [2.24, 2.45) is 0 Å². The SMILES string of the molecule is CN1CCCC(Nc2ccc(F)nc2)C1. The molecule has 1 saturated heterocycles. The number of nitrogens with zero attached hydrogens (tertiary/aromatic N) is 2. The van der Waals surface area contributed by atoms with Gasteiger partial charge in [0.2, 0.25) is 5.95 Å². The molecule has 1 fully saturated rings. The first-order valence-corrected chi connectivity index (χ1v) is 5.30. The number of nitrogens with one attached hydrogen (secondary N) is 1. The number of rotatable bonds is 2. The Bertz CT molecular complexity index is 312. The summed E-state index contributed by atoms with van der Waals surface area (Å²) in [6, 6.07) is 3.57. The second-order valence-corrected chi connectivity index (χ2v) is 4.12. The first-order valence-electron chi connectivity index (χ1n) is 5.30. The fourth-order valence-electron chi connectivity index (χ4n) is 1.98. The van der Waals surface area contributed by atoms with Gasteiger partial charge in [0.1, 0.15) is 0 Å². The summed E-state index contributed by atoms with van der Waals surface area (Å²) in [6.45, 7) is 2.21. The van der Waals surface area contributed by atoms with Gasteiger partial charge < -0.3 is 10.2 Å². The summed E-state index contributed by atoms with van der Waals surface area (Å²) in [7, 11) is 2.12. The number of piperidine rings is 1. The molecule has 0 spiro atoms. The van der Waals surface area contributed by atoms with Crippen molar-refractivity contribution in [1.29, 1.82) is 0 Å². The second-order valence-electron chi connectivity index (χ2n) is 4.12. The zero-order valence-electron chi connectivity index (χ0n) is 8.91. The van der Waals surface area contributed by atoms with Crippen LogP contribution in [0.1, 0.15) is 12.8 Å². The van der Waals surface area contributed by atoms with Gasteiger partial charge in [-0.25, -0.2) is 4.98 Å². The number of likely N-dealkylation sites (N-methyl/N-ethyl adjacent to an activating group) is 1. The maximum atomic E-state index is 12.6. The smallest absolute Gasteiger partial charge is 0.212 e. The summed E-state index contributed by atoms with van der Waals surface area (Å²) >= 11 is 0. The van der Waals surface area contributed by atoms with Crippen LogP contribution >= 0.6 is 0 Å². The lowest BCUT2D eigenvalue weighted by atomic mass is 10.1. The van der Waals surface area contributed by atoms with E-state index < -0.39 is 5.95 Å². The highest BCUT2D eigenvalue weighted by molar-refractivity contribution is 5.41. The van der Waals surface area contributed by atoms with E-state index in [4.69, 9.17) is 0 Å². The molecule has 1 aliphatic rings. The summed E-state index contributed by atoms with van der Waals surface area (Å²) in [5.41, 5.74) is 0.900. The van der Waals surface area contributed by atoms with E-state index in [1.807, 2.05) is 0 Å². The lowest BCUT2D eigenvalue weighted by Crippen LogP contribution is -2.39. The fourth-order valence-corrected chi connectivity index (χ4v) is 1.98. The van der Waals surface area contributed by atoms with Crippen molar-refractivity contribution in [2.45, 2.75) is 18.9 Å². The van der Waals surface area contributed by atoms with Crippen LogP contribution in [0, 0.1) is 5.95 Å². The lowest BCUT2D eigenvalue weighted by Gasteiger charge is -2.30.